The first-order chi connectivity index (χ1) is 9.13. The van der Waals surface area contributed by atoms with E-state index >= 15 is 0 Å². The molecule has 0 atom stereocenters. The van der Waals surface area contributed by atoms with E-state index in [0.717, 1.165) is 10.4 Å². The number of hydrogen-bond donors (Lipinski definition) is 1. The summed E-state index contributed by atoms with van der Waals surface area (Å²) in [5.41, 5.74) is 0.194. The Hall–Kier alpha value is -1.67. The van der Waals surface area contributed by atoms with Gasteiger partial charge in [0.2, 0.25) is 5.13 Å². The minimum Gasteiger partial charge on any atom is -0.494 e. The normalized spacial score (nSPS) is 10.3. The molecule has 0 unspecified atom stereocenters. The molecular weight excluding hydrogens is 289 g/mol. The maximum absolute atomic E-state index is 13.5. The van der Waals surface area contributed by atoms with Gasteiger partial charge < -0.3 is 4.74 Å². The van der Waals surface area contributed by atoms with Crippen LogP contribution >= 0.6 is 23.1 Å². The Labute approximate surface area is 117 Å². The van der Waals surface area contributed by atoms with Crippen molar-refractivity contribution in [2.24, 2.45) is 0 Å². The maximum Gasteiger partial charge on any atom is 0.257 e. The number of hydrogen-bond acceptors (Lipinski definition) is 6. The molecule has 1 aromatic carbocycles. The van der Waals surface area contributed by atoms with Crippen LogP contribution in [0.3, 0.4) is 0 Å². The van der Waals surface area contributed by atoms with Gasteiger partial charge in [0.05, 0.1) is 7.11 Å². The number of rotatable bonds is 4. The van der Waals surface area contributed by atoms with Crippen molar-refractivity contribution in [2.75, 3.05) is 18.7 Å². The second-order valence-electron chi connectivity index (χ2n) is 3.38. The number of nitrogens with one attached hydrogen (secondary N) is 1. The van der Waals surface area contributed by atoms with Crippen molar-refractivity contribution >= 4 is 34.1 Å². The molecule has 0 aliphatic heterocycles. The third-order valence-corrected chi connectivity index (χ3v) is 4.03. The van der Waals surface area contributed by atoms with E-state index < -0.39 is 11.7 Å². The number of carbonyl (C=O) groups excluding carboxylic acids is 1. The fraction of sp³-hybridized carbons (Fsp3) is 0.182. The van der Waals surface area contributed by atoms with Crippen molar-refractivity contribution in [1.29, 1.82) is 0 Å². The van der Waals surface area contributed by atoms with E-state index in [4.69, 9.17) is 4.74 Å². The van der Waals surface area contributed by atoms with Crippen molar-refractivity contribution in [2.45, 2.75) is 4.34 Å². The number of amides is 1. The highest BCUT2D eigenvalue weighted by Crippen LogP contribution is 2.24. The van der Waals surface area contributed by atoms with Gasteiger partial charge in [-0.05, 0) is 24.5 Å². The largest absolute Gasteiger partial charge is 0.494 e. The van der Waals surface area contributed by atoms with Crippen LogP contribution in [0.1, 0.15) is 10.4 Å². The number of thioether (sulfide) groups is 1. The Morgan fingerprint density at radius 2 is 2.26 bits per heavy atom. The van der Waals surface area contributed by atoms with Crippen molar-refractivity contribution < 1.29 is 13.9 Å². The quantitative estimate of drug-likeness (QED) is 0.694. The van der Waals surface area contributed by atoms with E-state index in [2.05, 4.69) is 15.5 Å². The van der Waals surface area contributed by atoms with E-state index in [1.54, 1.807) is 0 Å². The number of halogens is 1. The van der Waals surface area contributed by atoms with Gasteiger partial charge in [-0.1, -0.05) is 23.1 Å². The zero-order valence-electron chi connectivity index (χ0n) is 10.1. The predicted molar refractivity (Wildman–Crippen MR) is 72.6 cm³/mol. The van der Waals surface area contributed by atoms with Crippen LogP contribution in [0.25, 0.3) is 0 Å². The highest BCUT2D eigenvalue weighted by molar-refractivity contribution is 8.00. The van der Waals surface area contributed by atoms with Gasteiger partial charge in [-0.3, -0.25) is 10.1 Å². The van der Waals surface area contributed by atoms with Crippen LogP contribution in [0.2, 0.25) is 0 Å². The molecule has 0 saturated carbocycles. The minimum absolute atomic E-state index is 0.0946. The van der Waals surface area contributed by atoms with Gasteiger partial charge in [-0.15, -0.1) is 10.2 Å². The van der Waals surface area contributed by atoms with Crippen LogP contribution in [-0.2, 0) is 0 Å². The van der Waals surface area contributed by atoms with Crippen LogP contribution in [0.15, 0.2) is 22.5 Å². The SMILES string of the molecule is COc1ccc(C(=O)Nc2nnc(SC)s2)cc1F. The second kappa shape index (κ2) is 5.98. The molecule has 2 aromatic rings. The fourth-order valence-electron chi connectivity index (χ4n) is 1.32. The van der Waals surface area contributed by atoms with E-state index in [0.29, 0.717) is 5.13 Å². The Morgan fingerprint density at radius 1 is 1.47 bits per heavy atom. The van der Waals surface area contributed by atoms with Gasteiger partial charge in [-0.25, -0.2) is 4.39 Å². The average molecular weight is 299 g/mol. The van der Waals surface area contributed by atoms with E-state index in [9.17, 15) is 9.18 Å². The van der Waals surface area contributed by atoms with Gasteiger partial charge >= 0.3 is 0 Å². The summed E-state index contributed by atoms with van der Waals surface area (Å²) in [6, 6.07) is 4.00. The third kappa shape index (κ3) is 3.21. The molecule has 0 aliphatic carbocycles. The molecule has 100 valence electrons. The highest BCUT2D eigenvalue weighted by atomic mass is 32.2. The molecule has 19 heavy (non-hydrogen) atoms. The van der Waals surface area contributed by atoms with Gasteiger partial charge in [-0.2, -0.15) is 0 Å². The summed E-state index contributed by atoms with van der Waals surface area (Å²) < 4.78 is 19.0. The lowest BCUT2D eigenvalue weighted by atomic mass is 10.2. The second-order valence-corrected chi connectivity index (χ2v) is 5.41. The summed E-state index contributed by atoms with van der Waals surface area (Å²) in [4.78, 5) is 11.9. The fourth-order valence-corrected chi connectivity index (χ4v) is 2.48. The van der Waals surface area contributed by atoms with Crippen LogP contribution in [0, 0.1) is 5.82 Å². The smallest absolute Gasteiger partial charge is 0.257 e. The van der Waals surface area contributed by atoms with Gasteiger partial charge in [0.15, 0.2) is 15.9 Å². The molecule has 1 heterocycles. The van der Waals surface area contributed by atoms with Crippen LogP contribution in [0.5, 0.6) is 5.75 Å². The number of benzene rings is 1. The Kier molecular flexibility index (Phi) is 4.33. The Morgan fingerprint density at radius 3 is 2.84 bits per heavy atom. The molecule has 1 aromatic heterocycles. The Bertz CT molecular complexity index is 603. The third-order valence-electron chi connectivity index (χ3n) is 2.22. The van der Waals surface area contributed by atoms with E-state index in [1.165, 1.54) is 42.3 Å². The summed E-state index contributed by atoms with van der Waals surface area (Å²) in [7, 11) is 1.36. The van der Waals surface area contributed by atoms with Crippen LogP contribution < -0.4 is 10.1 Å². The maximum atomic E-state index is 13.5. The van der Waals surface area contributed by atoms with Crippen molar-refractivity contribution in [3.05, 3.63) is 29.6 Å². The first-order valence-electron chi connectivity index (χ1n) is 5.16. The predicted octanol–water partition coefficient (Wildman–Crippen LogP) is 2.66. The van der Waals surface area contributed by atoms with Crippen LogP contribution in [-0.4, -0.2) is 29.5 Å². The zero-order chi connectivity index (χ0) is 13.8. The molecule has 0 fully saturated rings. The lowest BCUT2D eigenvalue weighted by Gasteiger charge is -2.04. The topological polar surface area (TPSA) is 64.1 Å². The van der Waals surface area contributed by atoms with Crippen molar-refractivity contribution in [1.82, 2.24) is 10.2 Å². The average Bonchev–Trinajstić information content (AvgIpc) is 2.86. The molecule has 1 N–H and O–H groups in total. The molecule has 0 bridgehead atoms. The number of ether oxygens (including phenoxy) is 1. The monoisotopic (exact) mass is 299 g/mol. The molecular formula is C11H10FN3O2S2. The highest BCUT2D eigenvalue weighted by Gasteiger charge is 2.12. The molecule has 0 saturated heterocycles. The summed E-state index contributed by atoms with van der Waals surface area (Å²) in [5.74, 6) is -0.931. The number of anilines is 1. The Balaban J connectivity index is 2.13. The molecule has 2 rings (SSSR count). The summed E-state index contributed by atoms with van der Waals surface area (Å²) >= 11 is 2.70. The standard InChI is InChI=1S/C11H10FN3O2S2/c1-17-8-4-3-6(5-7(8)12)9(16)13-10-14-15-11(18-2)19-10/h3-5H,1-2H3,(H,13,14,16). The van der Waals surface area contributed by atoms with Gasteiger partial charge in [0.1, 0.15) is 0 Å². The number of aromatic nitrogens is 2. The molecule has 1 amide bonds. The molecule has 8 heteroatoms. The van der Waals surface area contributed by atoms with E-state index in [-0.39, 0.29) is 11.3 Å². The molecule has 5 nitrogen and oxygen atoms in total. The van der Waals surface area contributed by atoms with Gasteiger partial charge in [0, 0.05) is 5.56 Å². The number of methoxy groups -OCH3 is 1. The summed E-state index contributed by atoms with van der Waals surface area (Å²) in [6.45, 7) is 0. The lowest BCUT2D eigenvalue weighted by Crippen LogP contribution is -2.12. The zero-order valence-corrected chi connectivity index (χ0v) is 11.8. The molecule has 0 aliphatic rings. The molecule has 0 radical (unpaired) electrons. The first-order valence-corrected chi connectivity index (χ1v) is 7.20. The number of nitrogens with zero attached hydrogens (tertiary/aromatic N) is 2. The van der Waals surface area contributed by atoms with Crippen LogP contribution in [0.4, 0.5) is 9.52 Å². The van der Waals surface area contributed by atoms with E-state index in [1.807, 2.05) is 6.26 Å². The lowest BCUT2D eigenvalue weighted by molar-refractivity contribution is 0.102. The summed E-state index contributed by atoms with van der Waals surface area (Å²) in [6.07, 6.45) is 1.87. The van der Waals surface area contributed by atoms with Crippen molar-refractivity contribution in [3.8, 4) is 5.75 Å². The first kappa shape index (κ1) is 13.8. The number of carbonyl (C=O) groups is 1. The molecule has 0 spiro atoms. The minimum atomic E-state index is -0.586. The summed E-state index contributed by atoms with van der Waals surface area (Å²) in [5, 5.41) is 10.6. The van der Waals surface area contributed by atoms with Crippen molar-refractivity contribution in [3.63, 3.8) is 0 Å². The van der Waals surface area contributed by atoms with Gasteiger partial charge in [0.25, 0.3) is 5.91 Å².